The molecular formula is C17H14BrNO3. The molecule has 4 nitrogen and oxygen atoms in total. The first-order valence-electron chi connectivity index (χ1n) is 6.87. The molecule has 0 aliphatic carbocycles. The number of hydrogen-bond donors (Lipinski definition) is 2. The number of phenolic OH excluding ortho intramolecular Hbond substituents is 2. The molecular weight excluding hydrogens is 346 g/mol. The van der Waals surface area contributed by atoms with Crippen molar-refractivity contribution >= 4 is 15.9 Å². The lowest BCUT2D eigenvalue weighted by Crippen LogP contribution is -1.87. The van der Waals surface area contributed by atoms with Crippen molar-refractivity contribution in [2.45, 2.75) is 13.3 Å². The molecule has 22 heavy (non-hydrogen) atoms. The average Bonchev–Trinajstić information content (AvgIpc) is 2.94. The summed E-state index contributed by atoms with van der Waals surface area (Å²) in [4.78, 5) is 0. The minimum absolute atomic E-state index is 0.181. The molecule has 0 atom stereocenters. The Morgan fingerprint density at radius 1 is 1.05 bits per heavy atom. The fraction of sp³-hybridized carbons (Fsp3) is 0.118. The van der Waals surface area contributed by atoms with Gasteiger partial charge in [-0.05, 0) is 64.8 Å². The smallest absolute Gasteiger partial charge is 0.170 e. The van der Waals surface area contributed by atoms with Crippen molar-refractivity contribution in [2.24, 2.45) is 0 Å². The summed E-state index contributed by atoms with van der Waals surface area (Å²) in [5, 5.41) is 23.2. The molecule has 1 aromatic heterocycles. The second kappa shape index (κ2) is 5.85. The third-order valence-corrected chi connectivity index (χ3v) is 4.13. The molecule has 0 saturated carbocycles. The number of rotatable bonds is 3. The lowest BCUT2D eigenvalue weighted by molar-refractivity contribution is 0.434. The lowest BCUT2D eigenvalue weighted by atomic mass is 10.0. The molecule has 0 unspecified atom stereocenters. The van der Waals surface area contributed by atoms with Gasteiger partial charge in [-0.25, -0.2) is 0 Å². The van der Waals surface area contributed by atoms with Gasteiger partial charge in [0.25, 0.3) is 0 Å². The summed E-state index contributed by atoms with van der Waals surface area (Å²) in [6.45, 7) is 2.04. The van der Waals surface area contributed by atoms with E-state index in [1.807, 2.05) is 19.1 Å². The van der Waals surface area contributed by atoms with Gasteiger partial charge in [0.15, 0.2) is 5.76 Å². The van der Waals surface area contributed by atoms with E-state index in [0.717, 1.165) is 28.8 Å². The fourth-order valence-electron chi connectivity index (χ4n) is 2.36. The highest BCUT2D eigenvalue weighted by Crippen LogP contribution is 2.36. The molecule has 0 saturated heterocycles. The molecule has 0 aliphatic rings. The summed E-state index contributed by atoms with van der Waals surface area (Å²) >= 11 is 3.31. The zero-order valence-corrected chi connectivity index (χ0v) is 13.5. The van der Waals surface area contributed by atoms with Gasteiger partial charge in [-0.3, -0.25) is 0 Å². The predicted octanol–water partition coefficient (Wildman–Crippen LogP) is 4.74. The third-order valence-electron chi connectivity index (χ3n) is 3.49. The normalized spacial score (nSPS) is 10.8. The van der Waals surface area contributed by atoms with Crippen molar-refractivity contribution in [3.05, 3.63) is 52.5 Å². The van der Waals surface area contributed by atoms with Gasteiger partial charge in [-0.15, -0.1) is 0 Å². The van der Waals surface area contributed by atoms with E-state index in [4.69, 9.17) is 4.52 Å². The van der Waals surface area contributed by atoms with Gasteiger partial charge in [-0.2, -0.15) is 0 Å². The molecule has 0 aliphatic heterocycles. The minimum Gasteiger partial charge on any atom is -0.508 e. The molecule has 5 heteroatoms. The number of nitrogens with zero attached hydrogens (tertiary/aromatic N) is 1. The predicted molar refractivity (Wildman–Crippen MR) is 87.8 cm³/mol. The average molecular weight is 360 g/mol. The molecule has 112 valence electrons. The second-order valence-electron chi connectivity index (χ2n) is 4.91. The summed E-state index contributed by atoms with van der Waals surface area (Å²) in [6.07, 6.45) is 0.757. The largest absolute Gasteiger partial charge is 0.508 e. The summed E-state index contributed by atoms with van der Waals surface area (Å²) in [6, 6.07) is 12.1. The maximum atomic E-state index is 9.61. The minimum atomic E-state index is 0.181. The van der Waals surface area contributed by atoms with Gasteiger partial charge in [0.05, 0.1) is 4.47 Å². The molecule has 0 fully saturated rings. The molecule has 0 spiro atoms. The fourth-order valence-corrected chi connectivity index (χ4v) is 2.74. The maximum absolute atomic E-state index is 9.61. The van der Waals surface area contributed by atoms with E-state index in [-0.39, 0.29) is 11.5 Å². The number of aromatic hydroxyl groups is 2. The first-order chi connectivity index (χ1) is 10.6. The Morgan fingerprint density at radius 3 is 2.36 bits per heavy atom. The molecule has 3 rings (SSSR count). The first-order valence-corrected chi connectivity index (χ1v) is 7.66. The van der Waals surface area contributed by atoms with Crippen LogP contribution >= 0.6 is 15.9 Å². The van der Waals surface area contributed by atoms with Crippen molar-refractivity contribution in [1.29, 1.82) is 0 Å². The monoisotopic (exact) mass is 359 g/mol. The van der Waals surface area contributed by atoms with Crippen LogP contribution in [0.2, 0.25) is 0 Å². The summed E-state index contributed by atoms with van der Waals surface area (Å²) in [5.41, 5.74) is 3.49. The van der Waals surface area contributed by atoms with Crippen molar-refractivity contribution in [3.8, 4) is 34.1 Å². The zero-order chi connectivity index (χ0) is 15.7. The maximum Gasteiger partial charge on any atom is 0.170 e. The van der Waals surface area contributed by atoms with Crippen molar-refractivity contribution in [2.75, 3.05) is 0 Å². The van der Waals surface area contributed by atoms with Crippen molar-refractivity contribution < 1.29 is 14.7 Å². The summed E-state index contributed by atoms with van der Waals surface area (Å²) in [5.74, 6) is 1.08. The zero-order valence-electron chi connectivity index (χ0n) is 11.9. The van der Waals surface area contributed by atoms with Crippen LogP contribution in [0.15, 0.2) is 51.5 Å². The topological polar surface area (TPSA) is 66.5 Å². The summed E-state index contributed by atoms with van der Waals surface area (Å²) in [7, 11) is 0. The summed E-state index contributed by atoms with van der Waals surface area (Å²) < 4.78 is 6.14. The molecule has 3 aromatic rings. The number of phenols is 2. The number of benzene rings is 2. The van der Waals surface area contributed by atoms with Gasteiger partial charge in [0.1, 0.15) is 17.2 Å². The highest BCUT2D eigenvalue weighted by Gasteiger charge is 2.18. The van der Waals surface area contributed by atoms with E-state index in [2.05, 4.69) is 21.1 Å². The van der Waals surface area contributed by atoms with E-state index in [0.29, 0.717) is 10.2 Å². The van der Waals surface area contributed by atoms with E-state index in [1.165, 1.54) is 0 Å². The van der Waals surface area contributed by atoms with E-state index in [9.17, 15) is 10.2 Å². The highest BCUT2D eigenvalue weighted by molar-refractivity contribution is 9.10. The molecule has 0 bridgehead atoms. The first kappa shape index (κ1) is 14.7. The lowest BCUT2D eigenvalue weighted by Gasteiger charge is -2.03. The van der Waals surface area contributed by atoms with Crippen LogP contribution in [0.1, 0.15) is 12.5 Å². The number of aromatic nitrogens is 1. The van der Waals surface area contributed by atoms with Gasteiger partial charge in [0.2, 0.25) is 0 Å². The van der Waals surface area contributed by atoms with Crippen molar-refractivity contribution in [3.63, 3.8) is 0 Å². The van der Waals surface area contributed by atoms with Crippen LogP contribution in [0.3, 0.4) is 0 Å². The Morgan fingerprint density at radius 2 is 1.73 bits per heavy atom. The Labute approximate surface area is 136 Å². The Hall–Kier alpha value is -2.27. The van der Waals surface area contributed by atoms with Crippen LogP contribution < -0.4 is 0 Å². The Bertz CT molecular complexity index is 809. The number of halogens is 1. The van der Waals surface area contributed by atoms with Crippen LogP contribution in [0.4, 0.5) is 0 Å². The van der Waals surface area contributed by atoms with Gasteiger partial charge >= 0.3 is 0 Å². The van der Waals surface area contributed by atoms with Gasteiger partial charge in [-0.1, -0.05) is 12.1 Å². The van der Waals surface area contributed by atoms with Gasteiger partial charge < -0.3 is 14.7 Å². The molecule has 0 amide bonds. The SMILES string of the molecule is CCc1c(-c2ccc(O)cc2)noc1-c1ccc(O)c(Br)c1. The van der Waals surface area contributed by atoms with Crippen LogP contribution in [-0.2, 0) is 6.42 Å². The van der Waals surface area contributed by atoms with Crippen LogP contribution in [0.25, 0.3) is 22.6 Å². The molecule has 1 heterocycles. The van der Waals surface area contributed by atoms with E-state index in [1.54, 1.807) is 30.3 Å². The molecule has 2 aromatic carbocycles. The highest BCUT2D eigenvalue weighted by atomic mass is 79.9. The van der Waals surface area contributed by atoms with Crippen LogP contribution in [-0.4, -0.2) is 15.4 Å². The second-order valence-corrected chi connectivity index (χ2v) is 5.76. The Balaban J connectivity index is 2.10. The van der Waals surface area contributed by atoms with E-state index >= 15 is 0 Å². The van der Waals surface area contributed by atoms with Gasteiger partial charge in [0, 0.05) is 16.7 Å². The van der Waals surface area contributed by atoms with Crippen LogP contribution in [0.5, 0.6) is 11.5 Å². The van der Waals surface area contributed by atoms with Crippen LogP contribution in [0, 0.1) is 0 Å². The number of hydrogen-bond acceptors (Lipinski definition) is 4. The standard InChI is InChI=1S/C17H14BrNO3/c1-2-13-16(10-3-6-12(20)7-4-10)19-22-17(13)11-5-8-15(21)14(18)9-11/h3-9,20-21H,2H2,1H3. The van der Waals surface area contributed by atoms with Crippen molar-refractivity contribution in [1.82, 2.24) is 5.16 Å². The molecule has 0 radical (unpaired) electrons. The molecule has 2 N–H and O–H groups in total. The quantitative estimate of drug-likeness (QED) is 0.708. The third kappa shape index (κ3) is 2.60. The van der Waals surface area contributed by atoms with E-state index < -0.39 is 0 Å². The Kier molecular flexibility index (Phi) is 3.90.